The zero-order valence-corrected chi connectivity index (χ0v) is 18.3. The molecule has 0 saturated heterocycles. The number of hydrogen-bond donors (Lipinski definition) is 1. The van der Waals surface area contributed by atoms with Gasteiger partial charge in [0.05, 0.1) is 17.2 Å². The van der Waals surface area contributed by atoms with Gasteiger partial charge in [-0.2, -0.15) is 10.2 Å². The van der Waals surface area contributed by atoms with Gasteiger partial charge < -0.3 is 0 Å². The van der Waals surface area contributed by atoms with Crippen LogP contribution in [0.25, 0.3) is 0 Å². The molecule has 0 bridgehead atoms. The summed E-state index contributed by atoms with van der Waals surface area (Å²) in [5.74, 6) is -0.747. The molecule has 0 radical (unpaired) electrons. The van der Waals surface area contributed by atoms with Crippen molar-refractivity contribution in [2.45, 2.75) is 13.5 Å². The lowest BCUT2D eigenvalue weighted by Gasteiger charge is -2.02. The first-order valence-corrected chi connectivity index (χ1v) is 9.99. The third kappa shape index (κ3) is 5.36. The summed E-state index contributed by atoms with van der Waals surface area (Å²) in [6.45, 7) is 2.02. The van der Waals surface area contributed by atoms with Crippen LogP contribution in [0.5, 0.6) is 0 Å². The fourth-order valence-electron chi connectivity index (χ4n) is 2.51. The van der Waals surface area contributed by atoms with Crippen molar-refractivity contribution in [2.24, 2.45) is 5.10 Å². The minimum Gasteiger partial charge on any atom is -0.265 e. The van der Waals surface area contributed by atoms with Crippen molar-refractivity contribution in [3.05, 3.63) is 90.6 Å². The molecule has 1 aromatic heterocycles. The van der Waals surface area contributed by atoms with Gasteiger partial charge in [-0.05, 0) is 42.3 Å². The van der Waals surface area contributed by atoms with Crippen LogP contribution in [-0.2, 0) is 6.54 Å². The number of nitrogens with zero attached hydrogens (tertiary/aromatic N) is 4. The molecule has 0 fully saturated rings. The Morgan fingerprint density at radius 2 is 1.72 bits per heavy atom. The predicted octanol–water partition coefficient (Wildman–Crippen LogP) is 4.52. The number of rotatable bonds is 6. The number of halogens is 2. The van der Waals surface area contributed by atoms with Crippen molar-refractivity contribution in [3.8, 4) is 0 Å². The fourth-order valence-corrected chi connectivity index (χ4v) is 3.04. The van der Waals surface area contributed by atoms with Gasteiger partial charge in [-0.15, -0.1) is 0 Å². The number of aromatic nitrogens is 2. The van der Waals surface area contributed by atoms with Crippen molar-refractivity contribution < 1.29 is 9.72 Å². The highest BCUT2D eigenvalue weighted by molar-refractivity contribution is 9.10. The monoisotopic (exact) mass is 519 g/mol. The Bertz CT molecular complexity index is 1080. The van der Waals surface area contributed by atoms with E-state index in [-0.39, 0.29) is 11.4 Å². The van der Waals surface area contributed by atoms with Crippen LogP contribution in [0, 0.1) is 10.1 Å². The summed E-state index contributed by atoms with van der Waals surface area (Å²) in [6, 6.07) is 14.8. The van der Waals surface area contributed by atoms with Gasteiger partial charge in [0, 0.05) is 8.95 Å². The van der Waals surface area contributed by atoms with Gasteiger partial charge in [0.25, 0.3) is 5.91 Å². The third-order valence-electron chi connectivity index (χ3n) is 4.00. The molecule has 2 aromatic carbocycles. The third-order valence-corrected chi connectivity index (χ3v) is 5.06. The Morgan fingerprint density at radius 3 is 2.31 bits per heavy atom. The van der Waals surface area contributed by atoms with Gasteiger partial charge in [-0.1, -0.05) is 56.1 Å². The van der Waals surface area contributed by atoms with Gasteiger partial charge in [-0.25, -0.2) is 5.43 Å². The number of benzene rings is 2. The molecule has 0 aliphatic heterocycles. The Balaban J connectivity index is 1.79. The van der Waals surface area contributed by atoms with E-state index in [9.17, 15) is 14.9 Å². The van der Waals surface area contributed by atoms with Crippen molar-refractivity contribution in [3.63, 3.8) is 0 Å². The number of carbonyl (C=O) groups excluding carboxylic acids is 1. The number of nitro groups is 1. The summed E-state index contributed by atoms with van der Waals surface area (Å²) < 4.78 is 3.21. The van der Waals surface area contributed by atoms with E-state index in [2.05, 4.69) is 47.5 Å². The zero-order valence-electron chi connectivity index (χ0n) is 15.2. The molecule has 10 heteroatoms. The van der Waals surface area contributed by atoms with Crippen LogP contribution >= 0.6 is 31.9 Å². The first-order valence-electron chi connectivity index (χ1n) is 8.40. The number of nitrogens with one attached hydrogen (secondary N) is 1. The summed E-state index contributed by atoms with van der Waals surface area (Å²) in [4.78, 5) is 23.2. The molecular weight excluding hydrogens is 506 g/mol. The van der Waals surface area contributed by atoms with E-state index < -0.39 is 10.8 Å². The molecular formula is C19H15Br2N5O3. The van der Waals surface area contributed by atoms with Crippen molar-refractivity contribution in [1.29, 1.82) is 0 Å². The van der Waals surface area contributed by atoms with Gasteiger partial charge >= 0.3 is 5.69 Å². The summed E-state index contributed by atoms with van der Waals surface area (Å²) in [5, 5.41) is 19.5. The lowest BCUT2D eigenvalue weighted by atomic mass is 10.1. The van der Waals surface area contributed by atoms with Crippen molar-refractivity contribution in [2.75, 3.05) is 0 Å². The first-order chi connectivity index (χ1) is 13.8. The maximum atomic E-state index is 12.5. The molecule has 1 heterocycles. The summed E-state index contributed by atoms with van der Waals surface area (Å²) >= 11 is 6.71. The van der Waals surface area contributed by atoms with Crippen molar-refractivity contribution in [1.82, 2.24) is 15.2 Å². The average molecular weight is 521 g/mol. The second-order valence-corrected chi connectivity index (χ2v) is 7.92. The molecule has 148 valence electrons. The SMILES string of the molecule is CC(=NNC(=O)c1nn(Cc2ccc(Br)cc2)cc1[N+](=O)[O-])c1ccc(Br)cc1. The molecule has 8 nitrogen and oxygen atoms in total. The van der Waals surface area contributed by atoms with Gasteiger partial charge in [0.15, 0.2) is 0 Å². The topological polar surface area (TPSA) is 102 Å². The molecule has 0 unspecified atom stereocenters. The van der Waals surface area contributed by atoms with Crippen LogP contribution in [-0.4, -0.2) is 26.3 Å². The molecule has 0 atom stereocenters. The maximum Gasteiger partial charge on any atom is 0.320 e. The first kappa shape index (κ1) is 20.9. The second-order valence-electron chi connectivity index (χ2n) is 6.09. The molecule has 29 heavy (non-hydrogen) atoms. The molecule has 0 aliphatic carbocycles. The smallest absolute Gasteiger partial charge is 0.265 e. The number of amides is 1. The van der Waals surface area contributed by atoms with E-state index >= 15 is 0 Å². The summed E-state index contributed by atoms with van der Waals surface area (Å²) in [7, 11) is 0. The van der Waals surface area contributed by atoms with E-state index in [1.54, 1.807) is 6.92 Å². The van der Waals surface area contributed by atoms with Gasteiger partial charge in [-0.3, -0.25) is 19.6 Å². The van der Waals surface area contributed by atoms with Crippen LogP contribution in [0.1, 0.15) is 28.5 Å². The Morgan fingerprint density at radius 1 is 1.14 bits per heavy atom. The minimum absolute atomic E-state index is 0.292. The lowest BCUT2D eigenvalue weighted by molar-refractivity contribution is -0.385. The predicted molar refractivity (Wildman–Crippen MR) is 116 cm³/mol. The highest BCUT2D eigenvalue weighted by atomic mass is 79.9. The van der Waals surface area contributed by atoms with E-state index in [1.807, 2.05) is 48.5 Å². The van der Waals surface area contributed by atoms with Crippen LogP contribution in [0.3, 0.4) is 0 Å². The minimum atomic E-state index is -0.747. The molecule has 3 aromatic rings. The maximum absolute atomic E-state index is 12.5. The number of carbonyl (C=O) groups is 1. The van der Waals surface area contributed by atoms with Gasteiger partial charge in [0.1, 0.15) is 6.20 Å². The molecule has 1 amide bonds. The van der Waals surface area contributed by atoms with Crippen LogP contribution in [0.15, 0.2) is 68.8 Å². The van der Waals surface area contributed by atoms with Crippen molar-refractivity contribution >= 4 is 49.2 Å². The Kier molecular flexibility index (Phi) is 6.55. The fraction of sp³-hybridized carbons (Fsp3) is 0.105. The summed E-state index contributed by atoms with van der Waals surface area (Å²) in [6.07, 6.45) is 1.24. The van der Waals surface area contributed by atoms with E-state index in [4.69, 9.17) is 0 Å². The van der Waals surface area contributed by atoms with E-state index in [0.717, 1.165) is 20.1 Å². The molecule has 3 rings (SSSR count). The van der Waals surface area contributed by atoms with Crippen LogP contribution < -0.4 is 5.43 Å². The molecule has 0 spiro atoms. The lowest BCUT2D eigenvalue weighted by Crippen LogP contribution is -2.21. The average Bonchev–Trinajstić information content (AvgIpc) is 3.12. The molecule has 1 N–H and O–H groups in total. The Labute approximate surface area is 183 Å². The standard InChI is InChI=1S/C19H15Br2N5O3/c1-12(14-4-8-16(21)9-5-14)22-23-19(27)18-17(26(28)29)11-25(24-18)10-13-2-6-15(20)7-3-13/h2-9,11H,10H2,1H3,(H,23,27). The molecule has 0 aliphatic rings. The van der Waals surface area contributed by atoms with Crippen LogP contribution in [0.4, 0.5) is 5.69 Å². The number of hydrogen-bond acceptors (Lipinski definition) is 5. The summed E-state index contributed by atoms with van der Waals surface area (Å²) in [5.41, 5.74) is 3.93. The zero-order chi connectivity index (χ0) is 21.0. The normalized spacial score (nSPS) is 11.3. The molecule has 0 saturated carbocycles. The second kappa shape index (κ2) is 9.10. The largest absolute Gasteiger partial charge is 0.320 e. The van der Waals surface area contributed by atoms with Crippen LogP contribution in [0.2, 0.25) is 0 Å². The highest BCUT2D eigenvalue weighted by Crippen LogP contribution is 2.18. The van der Waals surface area contributed by atoms with E-state index in [1.165, 1.54) is 10.9 Å². The quantitative estimate of drug-likeness (QED) is 0.293. The Hall–Kier alpha value is -2.85. The highest BCUT2D eigenvalue weighted by Gasteiger charge is 2.25. The van der Waals surface area contributed by atoms with Gasteiger partial charge in [0.2, 0.25) is 5.69 Å². The van der Waals surface area contributed by atoms with E-state index in [0.29, 0.717) is 12.3 Å². The number of hydrazone groups is 1.